The monoisotopic (exact) mass is 426 g/mol. The number of benzene rings is 1. The van der Waals surface area contributed by atoms with Crippen LogP contribution in [0.25, 0.3) is 5.57 Å². The molecular formula is C28H42O3. The van der Waals surface area contributed by atoms with Gasteiger partial charge in [-0.05, 0) is 60.4 Å². The molecule has 3 nitrogen and oxygen atoms in total. The maximum atomic E-state index is 10.8. The van der Waals surface area contributed by atoms with E-state index in [2.05, 4.69) is 53.7 Å². The minimum atomic E-state index is -0.927. The first-order chi connectivity index (χ1) is 14.7. The predicted octanol–water partition coefficient (Wildman–Crippen LogP) is 8.27. The Hall–Kier alpha value is -2.29. The molecular weight excluding hydrogens is 384 g/mol. The van der Waals surface area contributed by atoms with E-state index in [1.54, 1.807) is 6.92 Å². The van der Waals surface area contributed by atoms with Crippen molar-refractivity contribution in [1.29, 1.82) is 0 Å². The first kappa shape index (κ1) is 26.7. The van der Waals surface area contributed by atoms with Crippen molar-refractivity contribution in [3.63, 3.8) is 0 Å². The van der Waals surface area contributed by atoms with E-state index < -0.39 is 5.97 Å². The van der Waals surface area contributed by atoms with Gasteiger partial charge in [0.05, 0.1) is 6.61 Å². The number of allylic oxidation sites excluding steroid dienone is 5. The summed E-state index contributed by atoms with van der Waals surface area (Å²) in [6.45, 7) is 15.7. The molecule has 0 aliphatic heterocycles. The van der Waals surface area contributed by atoms with Gasteiger partial charge < -0.3 is 9.84 Å². The fourth-order valence-electron chi connectivity index (χ4n) is 3.45. The second-order valence-electron chi connectivity index (χ2n) is 8.99. The molecule has 1 rings (SSSR count). The third-order valence-electron chi connectivity index (χ3n) is 5.40. The average molecular weight is 427 g/mol. The van der Waals surface area contributed by atoms with E-state index in [4.69, 9.17) is 9.84 Å². The van der Waals surface area contributed by atoms with Gasteiger partial charge in [0.2, 0.25) is 0 Å². The van der Waals surface area contributed by atoms with Gasteiger partial charge in [-0.15, -0.1) is 0 Å². The van der Waals surface area contributed by atoms with Crippen molar-refractivity contribution in [2.75, 3.05) is 6.61 Å². The molecule has 0 amide bonds. The quantitative estimate of drug-likeness (QED) is 0.196. The Labute approximate surface area is 189 Å². The molecule has 0 saturated heterocycles. The molecule has 3 heteroatoms. The summed E-state index contributed by atoms with van der Waals surface area (Å²) in [7, 11) is 0. The van der Waals surface area contributed by atoms with E-state index in [9.17, 15) is 4.79 Å². The van der Waals surface area contributed by atoms with E-state index in [0.717, 1.165) is 29.9 Å². The van der Waals surface area contributed by atoms with Crippen LogP contribution in [0.3, 0.4) is 0 Å². The summed E-state index contributed by atoms with van der Waals surface area (Å²) in [4.78, 5) is 10.8. The molecule has 1 N–H and O–H groups in total. The largest absolute Gasteiger partial charge is 0.493 e. The summed E-state index contributed by atoms with van der Waals surface area (Å²) in [5.74, 6) is 0.874. The minimum absolute atomic E-state index is 0.372. The average Bonchev–Trinajstić information content (AvgIpc) is 2.69. The lowest BCUT2D eigenvalue weighted by Crippen LogP contribution is -2.06. The Balaban J connectivity index is 3.25. The Kier molecular flexibility index (Phi) is 12.0. The van der Waals surface area contributed by atoms with Crippen LogP contribution in [0.2, 0.25) is 0 Å². The van der Waals surface area contributed by atoms with E-state index in [0.29, 0.717) is 17.4 Å². The summed E-state index contributed by atoms with van der Waals surface area (Å²) in [6, 6.07) is 4.55. The fraction of sp³-hybridized carbons (Fsp3) is 0.536. The van der Waals surface area contributed by atoms with Crippen molar-refractivity contribution < 1.29 is 14.6 Å². The van der Waals surface area contributed by atoms with Crippen molar-refractivity contribution in [2.24, 2.45) is 0 Å². The summed E-state index contributed by atoms with van der Waals surface area (Å²) >= 11 is 0. The Bertz CT molecular complexity index is 795. The third-order valence-corrected chi connectivity index (χ3v) is 5.40. The van der Waals surface area contributed by atoms with Crippen LogP contribution < -0.4 is 4.74 Å². The number of hydrogen-bond acceptors (Lipinski definition) is 2. The number of aliphatic carboxylic acids is 1. The van der Waals surface area contributed by atoms with Gasteiger partial charge in [-0.25, -0.2) is 4.79 Å². The van der Waals surface area contributed by atoms with Crippen LogP contribution in [0, 0.1) is 0 Å². The number of carboxylic acids is 1. The molecule has 0 saturated carbocycles. The molecule has 1 aromatic carbocycles. The predicted molar refractivity (Wildman–Crippen MR) is 133 cm³/mol. The molecule has 0 bridgehead atoms. The first-order valence-electron chi connectivity index (χ1n) is 11.7. The topological polar surface area (TPSA) is 46.5 Å². The maximum Gasteiger partial charge on any atom is 0.328 e. The molecule has 1 aromatic rings. The number of carboxylic acid groups (broad SMARTS) is 1. The van der Waals surface area contributed by atoms with E-state index in [1.165, 1.54) is 42.9 Å². The molecule has 0 aliphatic carbocycles. The molecule has 0 spiro atoms. The van der Waals surface area contributed by atoms with Crippen molar-refractivity contribution in [3.8, 4) is 5.75 Å². The zero-order valence-electron chi connectivity index (χ0n) is 20.6. The van der Waals surface area contributed by atoms with E-state index >= 15 is 0 Å². The van der Waals surface area contributed by atoms with Gasteiger partial charge in [0.25, 0.3) is 0 Å². The number of rotatable bonds is 13. The van der Waals surface area contributed by atoms with Gasteiger partial charge in [0.15, 0.2) is 0 Å². The lowest BCUT2D eigenvalue weighted by atomic mass is 9.89. The molecule has 172 valence electrons. The highest BCUT2D eigenvalue weighted by atomic mass is 16.5. The van der Waals surface area contributed by atoms with Gasteiger partial charge in [0, 0.05) is 11.6 Å². The summed E-state index contributed by atoms with van der Waals surface area (Å²) in [6.07, 6.45) is 13.1. The first-order valence-corrected chi connectivity index (χ1v) is 11.7. The third kappa shape index (κ3) is 9.59. The highest BCUT2D eigenvalue weighted by Crippen LogP contribution is 2.37. The van der Waals surface area contributed by atoms with Crippen LogP contribution in [0.5, 0.6) is 5.75 Å². The molecule has 0 atom stereocenters. The van der Waals surface area contributed by atoms with Crippen LogP contribution in [0.1, 0.15) is 109 Å². The number of unbranched alkanes of at least 4 members (excludes halogenated alkanes) is 4. The van der Waals surface area contributed by atoms with E-state index in [1.807, 2.05) is 18.2 Å². The fourth-order valence-corrected chi connectivity index (χ4v) is 3.45. The van der Waals surface area contributed by atoms with Crippen molar-refractivity contribution in [3.05, 3.63) is 58.7 Å². The summed E-state index contributed by atoms with van der Waals surface area (Å²) in [5.41, 5.74) is 5.53. The van der Waals surface area contributed by atoms with Crippen molar-refractivity contribution >= 4 is 11.5 Å². The molecule has 31 heavy (non-hydrogen) atoms. The van der Waals surface area contributed by atoms with Gasteiger partial charge in [-0.1, -0.05) is 84.6 Å². The molecule has 0 fully saturated rings. The Morgan fingerprint density at radius 3 is 2.29 bits per heavy atom. The lowest BCUT2D eigenvalue weighted by Gasteiger charge is -2.21. The summed E-state index contributed by atoms with van der Waals surface area (Å²) < 4.78 is 6.39. The van der Waals surface area contributed by atoms with Crippen LogP contribution in [0.15, 0.2) is 42.0 Å². The number of ether oxygens (including phenoxy) is 1. The van der Waals surface area contributed by atoms with Crippen LogP contribution >= 0.6 is 0 Å². The highest BCUT2D eigenvalue weighted by Gasteiger charge is 2.17. The Morgan fingerprint density at radius 2 is 1.71 bits per heavy atom. The van der Waals surface area contributed by atoms with Gasteiger partial charge in [0.1, 0.15) is 5.75 Å². The van der Waals surface area contributed by atoms with Gasteiger partial charge in [-0.2, -0.15) is 0 Å². The Morgan fingerprint density at radius 1 is 1.03 bits per heavy atom. The maximum absolute atomic E-state index is 10.8. The van der Waals surface area contributed by atoms with Gasteiger partial charge in [-0.3, -0.25) is 0 Å². The van der Waals surface area contributed by atoms with Crippen molar-refractivity contribution in [2.45, 2.75) is 92.4 Å². The van der Waals surface area contributed by atoms with Crippen LogP contribution in [0.4, 0.5) is 0 Å². The zero-order valence-corrected chi connectivity index (χ0v) is 20.6. The SMILES string of the molecule is CCCCCCCOc1c(\C(C)=C/C=C/C(C)=C/C(=O)O)cc(C(C)C)cc1C(C)C. The number of carbonyl (C=O) groups is 1. The van der Waals surface area contributed by atoms with Crippen LogP contribution in [-0.4, -0.2) is 17.7 Å². The van der Waals surface area contributed by atoms with Gasteiger partial charge >= 0.3 is 5.97 Å². The standard InChI is InChI=1S/C28H42O3/c1-8-9-10-11-12-16-31-28-25(21(4)5)18-24(20(2)3)19-26(28)23(7)15-13-14-22(6)17-27(29)30/h13-15,17-21H,8-12,16H2,1-7H3,(H,29,30)/b14-13+,22-17+,23-15-. The van der Waals surface area contributed by atoms with Crippen molar-refractivity contribution in [1.82, 2.24) is 0 Å². The smallest absolute Gasteiger partial charge is 0.328 e. The normalized spacial score (nSPS) is 12.9. The second-order valence-corrected chi connectivity index (χ2v) is 8.99. The number of hydrogen-bond donors (Lipinski definition) is 1. The molecule has 0 radical (unpaired) electrons. The minimum Gasteiger partial charge on any atom is -0.493 e. The zero-order chi connectivity index (χ0) is 23.4. The second kappa shape index (κ2) is 13.9. The summed E-state index contributed by atoms with van der Waals surface area (Å²) in [5, 5.41) is 8.88. The van der Waals surface area contributed by atoms with E-state index in [-0.39, 0.29) is 0 Å². The lowest BCUT2D eigenvalue weighted by molar-refractivity contribution is -0.131. The molecule has 0 heterocycles. The van der Waals surface area contributed by atoms with Crippen LogP contribution in [-0.2, 0) is 4.79 Å². The molecule has 0 aromatic heterocycles. The highest BCUT2D eigenvalue weighted by molar-refractivity contribution is 5.81. The molecule has 0 unspecified atom stereocenters. The molecule has 0 aliphatic rings.